The van der Waals surface area contributed by atoms with Crippen LogP contribution in [0, 0.1) is 11.8 Å². The molecule has 0 radical (unpaired) electrons. The highest BCUT2D eigenvalue weighted by Gasteiger charge is 2.28. The van der Waals surface area contributed by atoms with Gasteiger partial charge in [0.1, 0.15) is 0 Å². The van der Waals surface area contributed by atoms with E-state index in [9.17, 15) is 0 Å². The van der Waals surface area contributed by atoms with Crippen LogP contribution in [0.5, 0.6) is 0 Å². The largest absolute Gasteiger partial charge is 1.00 e. The highest BCUT2D eigenvalue weighted by molar-refractivity contribution is 4.59. The molecule has 0 aromatic rings. The Morgan fingerprint density at radius 1 is 0.850 bits per heavy atom. The zero-order valence-corrected chi connectivity index (χ0v) is 15.2. The summed E-state index contributed by atoms with van der Waals surface area (Å²) in [6, 6.07) is 0. The Morgan fingerprint density at radius 3 is 2.05 bits per heavy atom. The van der Waals surface area contributed by atoms with Crippen molar-refractivity contribution in [3.8, 4) is 0 Å². The molecule has 1 fully saturated rings. The van der Waals surface area contributed by atoms with Gasteiger partial charge >= 0.3 is 0 Å². The van der Waals surface area contributed by atoms with Gasteiger partial charge in [-0.15, -0.1) is 0 Å². The number of nitrogens with zero attached hydrogens (tertiary/aromatic N) is 1. The van der Waals surface area contributed by atoms with Crippen molar-refractivity contribution in [3.05, 3.63) is 0 Å². The summed E-state index contributed by atoms with van der Waals surface area (Å²) in [7, 11) is 0. The molecule has 2 heteroatoms. The summed E-state index contributed by atoms with van der Waals surface area (Å²) in [6.07, 6.45) is 11.5. The van der Waals surface area contributed by atoms with Crippen molar-refractivity contribution in [2.75, 3.05) is 26.2 Å². The van der Waals surface area contributed by atoms with E-state index in [4.69, 9.17) is 0 Å². The van der Waals surface area contributed by atoms with Crippen LogP contribution in [-0.2, 0) is 0 Å². The quantitative estimate of drug-likeness (QED) is 0.573. The summed E-state index contributed by atoms with van der Waals surface area (Å²) in [5.74, 6) is 1.82. The number of quaternary nitrogens is 1. The van der Waals surface area contributed by atoms with Crippen molar-refractivity contribution in [1.29, 1.82) is 0 Å². The first-order valence-electron chi connectivity index (χ1n) is 8.93. The zero-order valence-electron chi connectivity index (χ0n) is 14.5. The molecule has 1 atom stereocenters. The summed E-state index contributed by atoms with van der Waals surface area (Å²) in [5.41, 5.74) is 0. The van der Waals surface area contributed by atoms with E-state index in [0.29, 0.717) is 0 Å². The lowest BCUT2D eigenvalue weighted by atomic mass is 9.96. The summed E-state index contributed by atoms with van der Waals surface area (Å²) in [6.45, 7) is 15.3. The van der Waals surface area contributed by atoms with Crippen LogP contribution >= 0.6 is 0 Å². The second-order valence-electron chi connectivity index (χ2n) is 7.52. The number of hydrogen-bond donors (Lipinski definition) is 0. The third kappa shape index (κ3) is 7.88. The van der Waals surface area contributed by atoms with Gasteiger partial charge in [-0.25, -0.2) is 0 Å². The van der Waals surface area contributed by atoms with Crippen molar-refractivity contribution in [1.82, 2.24) is 0 Å². The Morgan fingerprint density at radius 2 is 1.50 bits per heavy atom. The van der Waals surface area contributed by atoms with Crippen LogP contribution in [0.3, 0.4) is 0 Å². The smallest absolute Gasteiger partial charge is 0.0789 e. The fraction of sp³-hybridized carbons (Fsp3) is 1.00. The van der Waals surface area contributed by atoms with Crippen LogP contribution in [0.25, 0.3) is 0 Å². The zero-order chi connectivity index (χ0) is 14.1. The van der Waals surface area contributed by atoms with E-state index in [1.54, 1.807) is 0 Å². The van der Waals surface area contributed by atoms with Crippen LogP contribution < -0.4 is 12.4 Å². The minimum absolute atomic E-state index is 0. The van der Waals surface area contributed by atoms with Gasteiger partial charge in [-0.05, 0) is 43.9 Å². The fourth-order valence-electron chi connectivity index (χ4n) is 3.73. The monoisotopic (exact) mass is 303 g/mol. The van der Waals surface area contributed by atoms with E-state index in [1.807, 2.05) is 0 Å². The molecule has 1 aliphatic rings. The molecule has 0 amide bonds. The first kappa shape index (κ1) is 20.2. The number of halogens is 1. The molecule has 0 bridgehead atoms. The summed E-state index contributed by atoms with van der Waals surface area (Å²) in [5, 5.41) is 0. The maximum atomic E-state index is 2.48. The second kappa shape index (κ2) is 10.9. The lowest BCUT2D eigenvalue weighted by Crippen LogP contribution is -3.00. The van der Waals surface area contributed by atoms with Crippen LogP contribution in [0.15, 0.2) is 0 Å². The molecule has 0 saturated carbocycles. The predicted octanol–water partition coefficient (Wildman–Crippen LogP) is 2.25. The first-order chi connectivity index (χ1) is 9.08. The van der Waals surface area contributed by atoms with Crippen LogP contribution in [0.2, 0.25) is 0 Å². The summed E-state index contributed by atoms with van der Waals surface area (Å²) >= 11 is 0. The molecule has 0 aliphatic carbocycles. The fourth-order valence-corrected chi connectivity index (χ4v) is 3.73. The van der Waals surface area contributed by atoms with Crippen molar-refractivity contribution in [3.63, 3.8) is 0 Å². The Hall–Kier alpha value is 0.250. The normalized spacial score (nSPS) is 19.6. The van der Waals surface area contributed by atoms with Gasteiger partial charge in [-0.1, -0.05) is 47.0 Å². The summed E-state index contributed by atoms with van der Waals surface area (Å²) in [4.78, 5) is 0. The SMILES string of the molecule is CCC[N+]1(CCC(C)CCCC(C)C)CCCCC1.[Cl-]. The molecule has 0 aromatic heterocycles. The minimum Gasteiger partial charge on any atom is -1.00 e. The number of hydrogen-bond acceptors (Lipinski definition) is 0. The maximum absolute atomic E-state index is 2.48. The molecular formula is C18H38ClN. The number of piperidine rings is 1. The molecule has 1 saturated heterocycles. The van der Waals surface area contributed by atoms with Crippen molar-refractivity contribution in [2.45, 2.75) is 79.1 Å². The Bertz CT molecular complexity index is 216. The average Bonchev–Trinajstić information content (AvgIpc) is 2.38. The highest BCUT2D eigenvalue weighted by atomic mass is 35.5. The molecule has 0 N–H and O–H groups in total. The van der Waals surface area contributed by atoms with E-state index in [-0.39, 0.29) is 12.4 Å². The molecule has 122 valence electrons. The third-order valence-corrected chi connectivity index (χ3v) is 5.04. The van der Waals surface area contributed by atoms with Gasteiger partial charge in [0.15, 0.2) is 0 Å². The Kier molecular flexibility index (Phi) is 11.0. The first-order valence-corrected chi connectivity index (χ1v) is 8.93. The molecule has 1 rings (SSSR count). The van der Waals surface area contributed by atoms with Gasteiger partial charge in [0.25, 0.3) is 0 Å². The molecule has 1 unspecified atom stereocenters. The van der Waals surface area contributed by atoms with Gasteiger partial charge < -0.3 is 16.9 Å². The van der Waals surface area contributed by atoms with Gasteiger partial charge in [-0.3, -0.25) is 0 Å². The topological polar surface area (TPSA) is 0 Å². The highest BCUT2D eigenvalue weighted by Crippen LogP contribution is 2.23. The number of rotatable bonds is 9. The van der Waals surface area contributed by atoms with Gasteiger partial charge in [-0.2, -0.15) is 0 Å². The van der Waals surface area contributed by atoms with E-state index >= 15 is 0 Å². The van der Waals surface area contributed by atoms with Crippen LogP contribution in [-0.4, -0.2) is 30.7 Å². The van der Waals surface area contributed by atoms with Crippen molar-refractivity contribution >= 4 is 0 Å². The van der Waals surface area contributed by atoms with Crippen molar-refractivity contribution in [2.24, 2.45) is 11.8 Å². The summed E-state index contributed by atoms with van der Waals surface area (Å²) < 4.78 is 1.45. The van der Waals surface area contributed by atoms with Gasteiger partial charge in [0.05, 0.1) is 26.2 Å². The van der Waals surface area contributed by atoms with E-state index in [2.05, 4.69) is 27.7 Å². The average molecular weight is 304 g/mol. The number of likely N-dealkylation sites (tertiary alicyclic amines) is 1. The second-order valence-corrected chi connectivity index (χ2v) is 7.52. The Balaban J connectivity index is 0.00000361. The van der Waals surface area contributed by atoms with E-state index in [1.165, 1.54) is 82.0 Å². The molecule has 1 aliphatic heterocycles. The van der Waals surface area contributed by atoms with Gasteiger partial charge in [0.2, 0.25) is 0 Å². The molecule has 1 nitrogen and oxygen atoms in total. The molecule has 0 aromatic carbocycles. The van der Waals surface area contributed by atoms with Crippen molar-refractivity contribution < 1.29 is 16.9 Å². The molecule has 0 spiro atoms. The predicted molar refractivity (Wildman–Crippen MR) is 86.3 cm³/mol. The van der Waals surface area contributed by atoms with Crippen LogP contribution in [0.1, 0.15) is 79.1 Å². The van der Waals surface area contributed by atoms with E-state index in [0.717, 1.165) is 11.8 Å². The molecule has 1 heterocycles. The standard InChI is InChI=1S/C18H38N.ClH/c1-5-13-19(14-7-6-8-15-19)16-12-18(4)11-9-10-17(2)3;/h17-18H,5-16H2,1-4H3;1H/q+1;/p-1. The lowest BCUT2D eigenvalue weighted by Gasteiger charge is -2.42. The minimum atomic E-state index is 0. The maximum Gasteiger partial charge on any atom is 0.0789 e. The molecular weight excluding hydrogens is 266 g/mol. The van der Waals surface area contributed by atoms with Gasteiger partial charge in [0, 0.05) is 0 Å². The molecule has 20 heavy (non-hydrogen) atoms. The van der Waals surface area contributed by atoms with Crippen LogP contribution in [0.4, 0.5) is 0 Å². The van der Waals surface area contributed by atoms with E-state index < -0.39 is 0 Å². The lowest BCUT2D eigenvalue weighted by molar-refractivity contribution is -0.933. The Labute approximate surface area is 134 Å². The third-order valence-electron chi connectivity index (χ3n) is 5.04.